The molecule has 1 aromatic carbocycles. The van der Waals surface area contributed by atoms with Crippen LogP contribution in [0.15, 0.2) is 29.0 Å². The van der Waals surface area contributed by atoms with Gasteiger partial charge in [-0.05, 0) is 37.5 Å². The Kier molecular flexibility index (Phi) is 2.48. The highest BCUT2D eigenvalue weighted by Gasteiger charge is 2.27. The summed E-state index contributed by atoms with van der Waals surface area (Å²) in [5.41, 5.74) is 2.09. The van der Waals surface area contributed by atoms with Crippen molar-refractivity contribution in [2.24, 2.45) is 0 Å². The number of rotatable bonds is 1. The van der Waals surface area contributed by atoms with Crippen LogP contribution in [0.4, 0.5) is 0 Å². The van der Waals surface area contributed by atoms with Gasteiger partial charge >= 0.3 is 0 Å². The summed E-state index contributed by atoms with van der Waals surface area (Å²) >= 11 is 3.47. The van der Waals surface area contributed by atoms with E-state index in [9.17, 15) is 5.11 Å². The maximum absolute atomic E-state index is 9.93. The van der Waals surface area contributed by atoms with Crippen LogP contribution < -0.4 is 0 Å². The number of aliphatic hydroxyl groups is 1. The molecular formula is C12H13BrN2O. The third-order valence-corrected chi connectivity index (χ3v) is 3.83. The molecule has 1 fully saturated rings. The Balaban J connectivity index is 2.12. The lowest BCUT2D eigenvalue weighted by Gasteiger charge is -2.17. The largest absolute Gasteiger partial charge is 0.391 e. The fraction of sp³-hybridized carbons (Fsp3) is 0.417. The maximum Gasteiger partial charge on any atom is 0.0961 e. The van der Waals surface area contributed by atoms with E-state index in [1.54, 1.807) is 0 Å². The second kappa shape index (κ2) is 3.86. The standard InChI is InChI=1S/C12H13BrN2O/c13-8-4-5-9-11(6-8)15(7-14-9)10-2-1-3-12(10)16/h4-7,10,12,16H,1-3H2. The van der Waals surface area contributed by atoms with Crippen molar-refractivity contribution in [2.75, 3.05) is 0 Å². The highest BCUT2D eigenvalue weighted by Crippen LogP contribution is 2.33. The first-order valence-corrected chi connectivity index (χ1v) is 6.35. The van der Waals surface area contributed by atoms with E-state index in [1.165, 1.54) is 0 Å². The van der Waals surface area contributed by atoms with Crippen molar-refractivity contribution in [3.05, 3.63) is 29.0 Å². The Morgan fingerprint density at radius 3 is 3.00 bits per heavy atom. The van der Waals surface area contributed by atoms with Gasteiger partial charge in [0.05, 0.1) is 29.5 Å². The molecule has 1 aliphatic rings. The predicted octanol–water partition coefficient (Wildman–Crippen LogP) is 2.88. The van der Waals surface area contributed by atoms with Gasteiger partial charge in [0.2, 0.25) is 0 Å². The third kappa shape index (κ3) is 1.57. The highest BCUT2D eigenvalue weighted by molar-refractivity contribution is 9.10. The van der Waals surface area contributed by atoms with Crippen LogP contribution >= 0.6 is 15.9 Å². The monoisotopic (exact) mass is 280 g/mol. The Bertz CT molecular complexity index is 523. The molecule has 1 heterocycles. The first-order chi connectivity index (χ1) is 7.75. The average molecular weight is 281 g/mol. The summed E-state index contributed by atoms with van der Waals surface area (Å²) in [5, 5.41) is 9.93. The fourth-order valence-electron chi connectivity index (χ4n) is 2.51. The van der Waals surface area contributed by atoms with Gasteiger partial charge in [0, 0.05) is 4.47 Å². The third-order valence-electron chi connectivity index (χ3n) is 3.34. The maximum atomic E-state index is 9.93. The first kappa shape index (κ1) is 10.3. The van der Waals surface area contributed by atoms with E-state index in [2.05, 4.69) is 31.5 Å². The van der Waals surface area contributed by atoms with Crippen molar-refractivity contribution in [3.8, 4) is 0 Å². The van der Waals surface area contributed by atoms with E-state index >= 15 is 0 Å². The van der Waals surface area contributed by atoms with Gasteiger partial charge in [0.1, 0.15) is 0 Å². The zero-order valence-corrected chi connectivity index (χ0v) is 10.4. The number of nitrogens with zero attached hydrogens (tertiary/aromatic N) is 2. The van der Waals surface area contributed by atoms with Gasteiger partial charge in [0.25, 0.3) is 0 Å². The van der Waals surface area contributed by atoms with E-state index in [0.717, 1.165) is 34.8 Å². The average Bonchev–Trinajstić information content (AvgIpc) is 2.83. The molecule has 4 heteroatoms. The molecule has 2 aromatic rings. The molecule has 0 spiro atoms. The molecule has 0 aliphatic heterocycles. The van der Waals surface area contributed by atoms with E-state index in [4.69, 9.17) is 0 Å². The second-order valence-corrected chi connectivity index (χ2v) is 5.27. The number of benzene rings is 1. The number of imidazole rings is 1. The van der Waals surface area contributed by atoms with Crippen LogP contribution in [0.2, 0.25) is 0 Å². The van der Waals surface area contributed by atoms with Gasteiger partial charge in [-0.1, -0.05) is 15.9 Å². The van der Waals surface area contributed by atoms with Gasteiger partial charge in [0.15, 0.2) is 0 Å². The van der Waals surface area contributed by atoms with Gasteiger partial charge < -0.3 is 9.67 Å². The molecule has 1 aliphatic carbocycles. The highest BCUT2D eigenvalue weighted by atomic mass is 79.9. The topological polar surface area (TPSA) is 38.0 Å². The molecular weight excluding hydrogens is 268 g/mol. The molecule has 2 atom stereocenters. The van der Waals surface area contributed by atoms with Crippen molar-refractivity contribution >= 4 is 27.0 Å². The van der Waals surface area contributed by atoms with Crippen LogP contribution in [-0.4, -0.2) is 20.8 Å². The molecule has 3 rings (SSSR count). The van der Waals surface area contributed by atoms with Crippen LogP contribution in [0.1, 0.15) is 25.3 Å². The van der Waals surface area contributed by atoms with Crippen LogP contribution in [-0.2, 0) is 0 Å². The van der Waals surface area contributed by atoms with E-state index in [1.807, 2.05) is 18.5 Å². The summed E-state index contributed by atoms with van der Waals surface area (Å²) in [7, 11) is 0. The summed E-state index contributed by atoms with van der Waals surface area (Å²) in [6.07, 6.45) is 4.66. The minimum atomic E-state index is -0.226. The van der Waals surface area contributed by atoms with Crippen LogP contribution in [0.5, 0.6) is 0 Å². The minimum Gasteiger partial charge on any atom is -0.391 e. The van der Waals surface area contributed by atoms with Crippen LogP contribution in [0, 0.1) is 0 Å². The zero-order valence-electron chi connectivity index (χ0n) is 8.81. The smallest absolute Gasteiger partial charge is 0.0961 e. The number of aliphatic hydroxyl groups excluding tert-OH is 1. The second-order valence-electron chi connectivity index (χ2n) is 4.35. The summed E-state index contributed by atoms with van der Waals surface area (Å²) in [5.74, 6) is 0. The van der Waals surface area contributed by atoms with Crippen molar-refractivity contribution in [1.29, 1.82) is 0 Å². The SMILES string of the molecule is OC1CCCC1n1cnc2ccc(Br)cc21. The summed E-state index contributed by atoms with van der Waals surface area (Å²) in [6, 6.07) is 6.24. The lowest BCUT2D eigenvalue weighted by molar-refractivity contribution is 0.138. The predicted molar refractivity (Wildman–Crippen MR) is 66.3 cm³/mol. The summed E-state index contributed by atoms with van der Waals surface area (Å²) < 4.78 is 3.16. The Labute approximate surface area is 102 Å². The number of hydrogen-bond donors (Lipinski definition) is 1. The Morgan fingerprint density at radius 1 is 1.38 bits per heavy atom. The van der Waals surface area contributed by atoms with E-state index in [0.29, 0.717) is 0 Å². The molecule has 84 valence electrons. The van der Waals surface area contributed by atoms with Gasteiger partial charge in [-0.15, -0.1) is 0 Å². The molecule has 0 bridgehead atoms. The molecule has 0 amide bonds. The van der Waals surface area contributed by atoms with E-state index in [-0.39, 0.29) is 12.1 Å². The first-order valence-electron chi connectivity index (χ1n) is 5.56. The fourth-order valence-corrected chi connectivity index (χ4v) is 2.86. The van der Waals surface area contributed by atoms with Crippen molar-refractivity contribution in [2.45, 2.75) is 31.4 Å². The normalized spacial score (nSPS) is 25.4. The quantitative estimate of drug-likeness (QED) is 0.872. The summed E-state index contributed by atoms with van der Waals surface area (Å²) in [6.45, 7) is 0. The molecule has 1 saturated carbocycles. The number of fused-ring (bicyclic) bond motifs is 1. The number of halogens is 1. The van der Waals surface area contributed by atoms with Crippen molar-refractivity contribution in [3.63, 3.8) is 0 Å². The molecule has 0 radical (unpaired) electrons. The number of aromatic nitrogens is 2. The molecule has 0 saturated heterocycles. The molecule has 3 nitrogen and oxygen atoms in total. The van der Waals surface area contributed by atoms with Gasteiger partial charge in [-0.2, -0.15) is 0 Å². The zero-order chi connectivity index (χ0) is 11.1. The van der Waals surface area contributed by atoms with Crippen LogP contribution in [0.25, 0.3) is 11.0 Å². The molecule has 1 N–H and O–H groups in total. The molecule has 2 unspecified atom stereocenters. The Morgan fingerprint density at radius 2 is 2.25 bits per heavy atom. The Hall–Kier alpha value is -0.870. The van der Waals surface area contributed by atoms with E-state index < -0.39 is 0 Å². The van der Waals surface area contributed by atoms with Gasteiger partial charge in [-0.25, -0.2) is 4.98 Å². The summed E-state index contributed by atoms with van der Waals surface area (Å²) in [4.78, 5) is 4.37. The molecule has 1 aromatic heterocycles. The van der Waals surface area contributed by atoms with Gasteiger partial charge in [-0.3, -0.25) is 0 Å². The minimum absolute atomic E-state index is 0.194. The number of hydrogen-bond acceptors (Lipinski definition) is 2. The lowest BCUT2D eigenvalue weighted by Crippen LogP contribution is -2.17. The van der Waals surface area contributed by atoms with Crippen molar-refractivity contribution < 1.29 is 5.11 Å². The molecule has 16 heavy (non-hydrogen) atoms. The van der Waals surface area contributed by atoms with Crippen molar-refractivity contribution in [1.82, 2.24) is 9.55 Å². The van der Waals surface area contributed by atoms with Crippen LogP contribution in [0.3, 0.4) is 0 Å². The lowest BCUT2D eigenvalue weighted by atomic mass is 10.2.